The zero-order valence-corrected chi connectivity index (χ0v) is 21.8. The second-order valence-corrected chi connectivity index (χ2v) is 8.68. The average molecular weight is 527 g/mol. The Kier molecular flexibility index (Phi) is 31.7. The molecule has 8 N–H and O–H groups in total. The molecule has 11 nitrogen and oxygen atoms in total. The minimum atomic E-state index is -2.27. The average Bonchev–Trinajstić information content (AvgIpc) is 2.85. The summed E-state index contributed by atoms with van der Waals surface area (Å²) in [5.74, 6) is -4.19. The maximum absolute atomic E-state index is 10.3. The van der Waals surface area contributed by atoms with Gasteiger partial charge in [0, 0.05) is 6.42 Å². The van der Waals surface area contributed by atoms with E-state index in [9.17, 15) is 14.4 Å². The van der Waals surface area contributed by atoms with Crippen LogP contribution in [0.5, 0.6) is 0 Å². The molecule has 2 unspecified atom stereocenters. The van der Waals surface area contributed by atoms with Gasteiger partial charge in [-0.3, -0.25) is 4.79 Å². The van der Waals surface area contributed by atoms with E-state index in [4.69, 9.17) is 40.9 Å². The van der Waals surface area contributed by atoms with E-state index in [1.807, 2.05) is 0 Å². The zero-order chi connectivity index (χ0) is 28.2. The largest absolute Gasteiger partial charge is 0.481 e. The van der Waals surface area contributed by atoms with Crippen LogP contribution in [0.4, 0.5) is 0 Å². The highest BCUT2D eigenvalue weighted by atomic mass is 16.4. The molecular formula is C25H50O11. The van der Waals surface area contributed by atoms with E-state index in [2.05, 4.69) is 6.92 Å². The Morgan fingerprint density at radius 2 is 0.806 bits per heavy atom. The number of carboxylic acids is 3. The zero-order valence-electron chi connectivity index (χ0n) is 21.8. The molecule has 11 heteroatoms. The molecular weight excluding hydrogens is 476 g/mol. The molecule has 0 aliphatic heterocycles. The molecule has 0 aromatic heterocycles. The van der Waals surface area contributed by atoms with Crippen LogP contribution < -0.4 is 0 Å². The van der Waals surface area contributed by atoms with Gasteiger partial charge in [-0.25, -0.2) is 9.59 Å². The summed E-state index contributed by atoms with van der Waals surface area (Å²) in [6.45, 7) is 1.54. The van der Waals surface area contributed by atoms with Gasteiger partial charge in [-0.2, -0.15) is 0 Å². The summed E-state index contributed by atoms with van der Waals surface area (Å²) in [7, 11) is 0. The van der Waals surface area contributed by atoms with Crippen LogP contribution in [0.2, 0.25) is 0 Å². The third-order valence-electron chi connectivity index (χ3n) is 5.22. The van der Waals surface area contributed by atoms with Crippen LogP contribution in [0.3, 0.4) is 0 Å². The lowest BCUT2D eigenvalue weighted by Gasteiger charge is -2.07. The summed E-state index contributed by atoms with van der Waals surface area (Å²) in [6, 6.07) is 0. The van der Waals surface area contributed by atoms with Crippen LogP contribution >= 0.6 is 0 Å². The van der Waals surface area contributed by atoms with E-state index in [0.717, 1.165) is 12.8 Å². The number of carboxylic acid groups (broad SMARTS) is 3. The molecule has 0 bridgehead atoms. The fraction of sp³-hybridized carbons (Fsp3) is 0.880. The number of unbranched alkanes of at least 4 members (excludes halogenated alkanes) is 14. The van der Waals surface area contributed by atoms with Crippen molar-refractivity contribution in [2.45, 2.75) is 128 Å². The van der Waals surface area contributed by atoms with E-state index in [-0.39, 0.29) is 13.2 Å². The molecule has 0 aromatic rings. The Morgan fingerprint density at radius 3 is 1.00 bits per heavy atom. The highest BCUT2D eigenvalue weighted by Crippen LogP contribution is 2.13. The van der Waals surface area contributed by atoms with Crippen LogP contribution in [0.25, 0.3) is 0 Å². The van der Waals surface area contributed by atoms with E-state index >= 15 is 0 Å². The number of hydrogen-bond donors (Lipinski definition) is 8. The molecule has 0 saturated carbocycles. The molecule has 0 aliphatic rings. The Balaban J connectivity index is -0.000000561. The van der Waals surface area contributed by atoms with Crippen molar-refractivity contribution < 1.29 is 55.2 Å². The van der Waals surface area contributed by atoms with Gasteiger partial charge in [-0.15, -0.1) is 0 Å². The Bertz CT molecular complexity index is 492. The maximum atomic E-state index is 10.3. The molecule has 0 spiro atoms. The highest BCUT2D eigenvalue weighted by Gasteiger charge is 2.29. The van der Waals surface area contributed by atoms with E-state index in [1.165, 1.54) is 83.5 Å². The summed E-state index contributed by atoms with van der Waals surface area (Å²) in [4.78, 5) is 29.9. The Hall–Kier alpha value is -1.79. The number of aliphatic hydroxyl groups excluding tert-OH is 5. The SMILES string of the molecule is CCCCCCCCCCCCCCCCCC(=O)O.O=C(O)C(O)C(O)C(=O)O.OCC(O)CO. The minimum absolute atomic E-state index is 0.345. The molecule has 0 aromatic carbocycles. The van der Waals surface area contributed by atoms with E-state index in [0.29, 0.717) is 6.42 Å². The van der Waals surface area contributed by atoms with Gasteiger partial charge < -0.3 is 40.9 Å². The van der Waals surface area contributed by atoms with Gasteiger partial charge >= 0.3 is 17.9 Å². The quantitative estimate of drug-likeness (QED) is 0.102. The maximum Gasteiger partial charge on any atom is 0.335 e. The van der Waals surface area contributed by atoms with Crippen molar-refractivity contribution in [1.82, 2.24) is 0 Å². The summed E-state index contributed by atoms with van der Waals surface area (Å²) in [6.07, 6.45) is 14.7. The van der Waals surface area contributed by atoms with Gasteiger partial charge in [0.15, 0.2) is 12.2 Å². The topological polar surface area (TPSA) is 213 Å². The number of carbonyl (C=O) groups is 3. The van der Waals surface area contributed by atoms with Gasteiger partial charge in [0.2, 0.25) is 0 Å². The number of hydrogen-bond acceptors (Lipinski definition) is 8. The van der Waals surface area contributed by atoms with Crippen LogP contribution in [-0.4, -0.2) is 90.3 Å². The fourth-order valence-corrected chi connectivity index (χ4v) is 2.98. The van der Waals surface area contributed by atoms with Gasteiger partial charge in [0.1, 0.15) is 6.10 Å². The third kappa shape index (κ3) is 32.2. The lowest BCUT2D eigenvalue weighted by molar-refractivity contribution is -0.165. The highest BCUT2D eigenvalue weighted by molar-refractivity contribution is 5.83. The van der Waals surface area contributed by atoms with Gasteiger partial charge in [-0.1, -0.05) is 96.8 Å². The van der Waals surface area contributed by atoms with Crippen molar-refractivity contribution >= 4 is 17.9 Å². The van der Waals surface area contributed by atoms with Crippen molar-refractivity contribution in [3.63, 3.8) is 0 Å². The monoisotopic (exact) mass is 526 g/mol. The number of aliphatic hydroxyl groups is 5. The first-order chi connectivity index (χ1) is 17.0. The first kappa shape index (κ1) is 38.7. The normalized spacial score (nSPS) is 12.1. The molecule has 36 heavy (non-hydrogen) atoms. The predicted molar refractivity (Wildman–Crippen MR) is 135 cm³/mol. The standard InChI is InChI=1S/C18H36O2.C4H6O6.C3H8O3/c1-2-3-4-5-6-7-8-9-10-11-12-13-14-15-16-17-18(19)20;5-1(3(7)8)2(6)4(9)10;4-1-3(6)2-5/h2-17H2,1H3,(H,19,20);1-2,5-6H,(H,7,8)(H,9,10);3-6H,1-2H2. The van der Waals surface area contributed by atoms with Crippen LogP contribution in [-0.2, 0) is 14.4 Å². The molecule has 0 aliphatic carbocycles. The number of aliphatic carboxylic acids is 3. The van der Waals surface area contributed by atoms with Crippen LogP contribution in [0.1, 0.15) is 110 Å². The molecule has 0 radical (unpaired) electrons. The molecule has 0 fully saturated rings. The number of rotatable bonds is 21. The van der Waals surface area contributed by atoms with Crippen molar-refractivity contribution in [3.05, 3.63) is 0 Å². The summed E-state index contributed by atoms with van der Waals surface area (Å²) in [5.41, 5.74) is 0. The Labute approximate surface area is 214 Å². The fourth-order valence-electron chi connectivity index (χ4n) is 2.98. The molecule has 216 valence electrons. The lowest BCUT2D eigenvalue weighted by Crippen LogP contribution is -2.39. The van der Waals surface area contributed by atoms with E-state index < -0.39 is 36.2 Å². The first-order valence-electron chi connectivity index (χ1n) is 13.0. The minimum Gasteiger partial charge on any atom is -0.481 e. The first-order valence-corrected chi connectivity index (χ1v) is 13.0. The van der Waals surface area contributed by atoms with Crippen molar-refractivity contribution in [2.75, 3.05) is 13.2 Å². The van der Waals surface area contributed by atoms with Crippen LogP contribution in [0.15, 0.2) is 0 Å². The lowest BCUT2D eigenvalue weighted by atomic mass is 10.0. The third-order valence-corrected chi connectivity index (χ3v) is 5.22. The second-order valence-electron chi connectivity index (χ2n) is 8.68. The van der Waals surface area contributed by atoms with Gasteiger partial charge in [0.05, 0.1) is 13.2 Å². The summed E-state index contributed by atoms with van der Waals surface area (Å²) in [5, 5.41) is 65.1. The Morgan fingerprint density at radius 1 is 0.528 bits per heavy atom. The van der Waals surface area contributed by atoms with Crippen molar-refractivity contribution in [2.24, 2.45) is 0 Å². The van der Waals surface area contributed by atoms with Gasteiger partial charge in [0.25, 0.3) is 0 Å². The smallest absolute Gasteiger partial charge is 0.335 e. The molecule has 0 saturated heterocycles. The van der Waals surface area contributed by atoms with E-state index in [1.54, 1.807) is 0 Å². The van der Waals surface area contributed by atoms with Crippen molar-refractivity contribution in [1.29, 1.82) is 0 Å². The van der Waals surface area contributed by atoms with Gasteiger partial charge in [-0.05, 0) is 6.42 Å². The molecule has 0 rings (SSSR count). The predicted octanol–water partition coefficient (Wildman–Crippen LogP) is 2.54. The summed E-state index contributed by atoms with van der Waals surface area (Å²) < 4.78 is 0. The summed E-state index contributed by atoms with van der Waals surface area (Å²) >= 11 is 0. The second kappa shape index (κ2) is 29.4. The molecule has 0 amide bonds. The van der Waals surface area contributed by atoms with Crippen molar-refractivity contribution in [3.8, 4) is 0 Å². The van der Waals surface area contributed by atoms with Crippen LogP contribution in [0, 0.1) is 0 Å². The molecule has 0 heterocycles. The molecule has 2 atom stereocenters.